The standard InChI is InChI=1S/C13H21N3S/c1-10(14-2)11-4-6-15-13(8-11)16(3)12-5-7-17-9-12/h4,6,8,10,12,14H,5,7,9H2,1-3H3. The second kappa shape index (κ2) is 5.74. The highest BCUT2D eigenvalue weighted by molar-refractivity contribution is 7.99. The van der Waals surface area contributed by atoms with E-state index >= 15 is 0 Å². The normalized spacial score (nSPS) is 21.5. The van der Waals surface area contributed by atoms with Gasteiger partial charge in [0.2, 0.25) is 0 Å². The Balaban J connectivity index is 2.14. The van der Waals surface area contributed by atoms with Crippen molar-refractivity contribution in [3.05, 3.63) is 23.9 Å². The first-order valence-electron chi connectivity index (χ1n) is 6.16. The van der Waals surface area contributed by atoms with Gasteiger partial charge in [-0.1, -0.05) is 0 Å². The van der Waals surface area contributed by atoms with Crippen molar-refractivity contribution >= 4 is 17.6 Å². The molecule has 1 aromatic rings. The summed E-state index contributed by atoms with van der Waals surface area (Å²) < 4.78 is 0. The van der Waals surface area contributed by atoms with Gasteiger partial charge in [-0.2, -0.15) is 11.8 Å². The Morgan fingerprint density at radius 2 is 2.41 bits per heavy atom. The quantitative estimate of drug-likeness (QED) is 0.889. The highest BCUT2D eigenvalue weighted by Gasteiger charge is 2.21. The van der Waals surface area contributed by atoms with Crippen molar-refractivity contribution < 1.29 is 0 Å². The first-order valence-corrected chi connectivity index (χ1v) is 7.31. The summed E-state index contributed by atoms with van der Waals surface area (Å²) in [4.78, 5) is 6.81. The van der Waals surface area contributed by atoms with Crippen LogP contribution in [-0.2, 0) is 0 Å². The molecule has 94 valence electrons. The smallest absolute Gasteiger partial charge is 0.128 e. The highest BCUT2D eigenvalue weighted by atomic mass is 32.2. The molecule has 17 heavy (non-hydrogen) atoms. The van der Waals surface area contributed by atoms with Crippen molar-refractivity contribution in [3.8, 4) is 0 Å². The highest BCUT2D eigenvalue weighted by Crippen LogP contribution is 2.25. The van der Waals surface area contributed by atoms with Gasteiger partial charge >= 0.3 is 0 Å². The van der Waals surface area contributed by atoms with E-state index in [1.807, 2.05) is 25.0 Å². The molecule has 2 atom stereocenters. The predicted molar refractivity (Wildman–Crippen MR) is 75.8 cm³/mol. The van der Waals surface area contributed by atoms with E-state index in [4.69, 9.17) is 0 Å². The maximum atomic E-state index is 4.49. The van der Waals surface area contributed by atoms with E-state index in [0.29, 0.717) is 12.1 Å². The lowest BCUT2D eigenvalue weighted by Gasteiger charge is -2.25. The SMILES string of the molecule is CNC(C)c1ccnc(N(C)C2CCSC2)c1. The summed E-state index contributed by atoms with van der Waals surface area (Å²) >= 11 is 2.04. The van der Waals surface area contributed by atoms with Crippen molar-refractivity contribution in [2.24, 2.45) is 0 Å². The second-order valence-electron chi connectivity index (χ2n) is 4.59. The van der Waals surface area contributed by atoms with Crippen LogP contribution >= 0.6 is 11.8 Å². The lowest BCUT2D eigenvalue weighted by Crippen LogP contribution is -2.32. The van der Waals surface area contributed by atoms with E-state index in [1.165, 1.54) is 23.5 Å². The van der Waals surface area contributed by atoms with E-state index in [9.17, 15) is 0 Å². The Labute approximate surface area is 108 Å². The van der Waals surface area contributed by atoms with Gasteiger partial charge in [0.15, 0.2) is 0 Å². The van der Waals surface area contributed by atoms with Crippen LogP contribution in [0.2, 0.25) is 0 Å². The molecule has 0 bridgehead atoms. The van der Waals surface area contributed by atoms with E-state index in [0.717, 1.165) is 5.82 Å². The lowest BCUT2D eigenvalue weighted by atomic mass is 10.1. The summed E-state index contributed by atoms with van der Waals surface area (Å²) in [6.45, 7) is 2.17. The van der Waals surface area contributed by atoms with Crippen molar-refractivity contribution in [1.29, 1.82) is 0 Å². The first kappa shape index (κ1) is 12.7. The average Bonchev–Trinajstić information content (AvgIpc) is 2.91. The van der Waals surface area contributed by atoms with Crippen LogP contribution in [0.15, 0.2) is 18.3 Å². The van der Waals surface area contributed by atoms with E-state index in [2.05, 4.69) is 41.3 Å². The third kappa shape index (κ3) is 2.93. The van der Waals surface area contributed by atoms with Gasteiger partial charge in [-0.25, -0.2) is 4.98 Å². The summed E-state index contributed by atoms with van der Waals surface area (Å²) in [6.07, 6.45) is 3.19. The Hall–Kier alpha value is -0.740. The summed E-state index contributed by atoms with van der Waals surface area (Å²) in [7, 11) is 4.15. The molecule has 2 unspecified atom stereocenters. The van der Waals surface area contributed by atoms with Crippen LogP contribution in [0.4, 0.5) is 5.82 Å². The number of nitrogens with zero attached hydrogens (tertiary/aromatic N) is 2. The number of rotatable bonds is 4. The van der Waals surface area contributed by atoms with Gasteiger partial charge in [-0.3, -0.25) is 0 Å². The molecule has 1 saturated heterocycles. The predicted octanol–water partition coefficient (Wildman–Crippen LogP) is 2.30. The van der Waals surface area contributed by atoms with Crippen molar-refractivity contribution in [2.75, 3.05) is 30.5 Å². The average molecular weight is 251 g/mol. The lowest BCUT2D eigenvalue weighted by molar-refractivity contribution is 0.647. The van der Waals surface area contributed by atoms with Crippen LogP contribution in [0.3, 0.4) is 0 Å². The summed E-state index contributed by atoms with van der Waals surface area (Å²) in [5.74, 6) is 3.60. The molecule has 0 saturated carbocycles. The third-order valence-corrected chi connectivity index (χ3v) is 4.66. The molecule has 1 aliphatic heterocycles. The fourth-order valence-corrected chi connectivity index (χ4v) is 3.35. The van der Waals surface area contributed by atoms with Crippen molar-refractivity contribution in [1.82, 2.24) is 10.3 Å². The first-order chi connectivity index (χ1) is 8.22. The number of hydrogen-bond acceptors (Lipinski definition) is 4. The van der Waals surface area contributed by atoms with Gasteiger partial charge in [0.25, 0.3) is 0 Å². The molecule has 2 rings (SSSR count). The fraction of sp³-hybridized carbons (Fsp3) is 0.615. The number of hydrogen-bond donors (Lipinski definition) is 1. The number of nitrogens with one attached hydrogen (secondary N) is 1. The van der Waals surface area contributed by atoms with Gasteiger partial charge < -0.3 is 10.2 Å². The molecule has 1 fully saturated rings. The molecular formula is C13H21N3S. The molecule has 4 heteroatoms. The van der Waals surface area contributed by atoms with Gasteiger partial charge in [-0.15, -0.1) is 0 Å². The largest absolute Gasteiger partial charge is 0.356 e. The molecular weight excluding hydrogens is 230 g/mol. The van der Waals surface area contributed by atoms with E-state index in [1.54, 1.807) is 0 Å². The Morgan fingerprint density at radius 3 is 3.06 bits per heavy atom. The molecule has 0 aliphatic carbocycles. The van der Waals surface area contributed by atoms with Gasteiger partial charge in [-0.05, 0) is 43.8 Å². The summed E-state index contributed by atoms with van der Waals surface area (Å²) in [5, 5.41) is 3.27. The Morgan fingerprint density at radius 1 is 1.59 bits per heavy atom. The number of anilines is 1. The number of aromatic nitrogens is 1. The number of pyridine rings is 1. The molecule has 2 heterocycles. The third-order valence-electron chi connectivity index (χ3n) is 3.52. The molecule has 0 spiro atoms. The zero-order valence-corrected chi connectivity index (χ0v) is 11.6. The fourth-order valence-electron chi connectivity index (χ4n) is 2.08. The van der Waals surface area contributed by atoms with Gasteiger partial charge in [0, 0.05) is 31.1 Å². The topological polar surface area (TPSA) is 28.2 Å². The van der Waals surface area contributed by atoms with Crippen LogP contribution in [0.25, 0.3) is 0 Å². The maximum absolute atomic E-state index is 4.49. The minimum absolute atomic E-state index is 0.378. The molecule has 3 nitrogen and oxygen atoms in total. The van der Waals surface area contributed by atoms with Crippen LogP contribution in [0.5, 0.6) is 0 Å². The van der Waals surface area contributed by atoms with Crippen molar-refractivity contribution in [3.63, 3.8) is 0 Å². The molecule has 0 amide bonds. The summed E-state index contributed by atoms with van der Waals surface area (Å²) in [6, 6.07) is 5.31. The molecule has 0 radical (unpaired) electrons. The van der Waals surface area contributed by atoms with E-state index < -0.39 is 0 Å². The van der Waals surface area contributed by atoms with Crippen LogP contribution in [0, 0.1) is 0 Å². The zero-order chi connectivity index (χ0) is 12.3. The summed E-state index contributed by atoms with van der Waals surface area (Å²) in [5.41, 5.74) is 1.30. The Bertz CT molecular complexity index is 363. The minimum atomic E-state index is 0.378. The van der Waals surface area contributed by atoms with Crippen LogP contribution < -0.4 is 10.2 Å². The van der Waals surface area contributed by atoms with Crippen LogP contribution in [0.1, 0.15) is 24.9 Å². The molecule has 1 N–H and O–H groups in total. The second-order valence-corrected chi connectivity index (χ2v) is 5.74. The molecule has 0 aromatic carbocycles. The Kier molecular flexibility index (Phi) is 4.29. The zero-order valence-electron chi connectivity index (χ0n) is 10.8. The van der Waals surface area contributed by atoms with Crippen molar-refractivity contribution in [2.45, 2.75) is 25.4 Å². The van der Waals surface area contributed by atoms with Crippen LogP contribution in [-0.4, -0.2) is 36.6 Å². The van der Waals surface area contributed by atoms with Gasteiger partial charge in [0.05, 0.1) is 0 Å². The van der Waals surface area contributed by atoms with E-state index in [-0.39, 0.29) is 0 Å². The monoisotopic (exact) mass is 251 g/mol. The molecule has 1 aromatic heterocycles. The number of thioether (sulfide) groups is 1. The minimum Gasteiger partial charge on any atom is -0.356 e. The maximum Gasteiger partial charge on any atom is 0.128 e. The van der Waals surface area contributed by atoms with Gasteiger partial charge in [0.1, 0.15) is 5.82 Å². The molecule has 1 aliphatic rings.